The number of furan rings is 2. The third-order valence-corrected chi connectivity index (χ3v) is 12.3. The Labute approximate surface area is 365 Å². The second kappa shape index (κ2) is 15.3. The lowest BCUT2D eigenvalue weighted by Gasteiger charge is -2.26. The van der Waals surface area contributed by atoms with E-state index >= 15 is 0 Å². The zero-order valence-corrected chi connectivity index (χ0v) is 34.3. The van der Waals surface area contributed by atoms with Crippen molar-refractivity contribution in [2.75, 3.05) is 4.90 Å². The summed E-state index contributed by atoms with van der Waals surface area (Å²) < 4.78 is 13.3. The van der Waals surface area contributed by atoms with Gasteiger partial charge in [-0.15, -0.1) is 0 Å². The van der Waals surface area contributed by atoms with Crippen LogP contribution in [0.4, 0.5) is 17.1 Å². The predicted molar refractivity (Wildman–Crippen MR) is 263 cm³/mol. The Morgan fingerprint density at radius 3 is 1.10 bits per heavy atom. The summed E-state index contributed by atoms with van der Waals surface area (Å²) in [4.78, 5) is 2.34. The molecule has 0 N–H and O–H groups in total. The van der Waals surface area contributed by atoms with E-state index in [-0.39, 0.29) is 0 Å². The van der Waals surface area contributed by atoms with Crippen molar-refractivity contribution in [2.24, 2.45) is 0 Å². The molecule has 0 fully saturated rings. The number of hydrogen-bond acceptors (Lipinski definition) is 3. The second-order valence-corrected chi connectivity index (χ2v) is 16.1. The fourth-order valence-corrected chi connectivity index (χ4v) is 9.08. The zero-order chi connectivity index (χ0) is 41.7. The minimum Gasteiger partial charge on any atom is -0.456 e. The maximum Gasteiger partial charge on any atom is 0.137 e. The van der Waals surface area contributed by atoms with E-state index in [1.165, 1.54) is 33.4 Å². The lowest BCUT2D eigenvalue weighted by Crippen LogP contribution is -2.10. The van der Waals surface area contributed by atoms with Gasteiger partial charge in [-0.2, -0.15) is 0 Å². The normalized spacial score (nSPS) is 11.5. The van der Waals surface area contributed by atoms with E-state index in [4.69, 9.17) is 8.83 Å². The number of fused-ring (bicyclic) bond motifs is 6. The summed E-state index contributed by atoms with van der Waals surface area (Å²) in [6.07, 6.45) is 0. The molecular weight excluding hydrogens is 767 g/mol. The average molecular weight is 806 g/mol. The summed E-state index contributed by atoms with van der Waals surface area (Å²) in [5, 5.41) is 4.14. The molecule has 0 bridgehead atoms. The van der Waals surface area contributed by atoms with Crippen LogP contribution in [0.2, 0.25) is 0 Å². The fraction of sp³-hybridized carbons (Fsp3) is 0. The molecule has 0 aliphatic carbocycles. The average Bonchev–Trinajstić information content (AvgIpc) is 3.92. The van der Waals surface area contributed by atoms with Gasteiger partial charge in [0, 0.05) is 27.5 Å². The van der Waals surface area contributed by atoms with Crippen molar-refractivity contribution in [1.29, 1.82) is 0 Å². The van der Waals surface area contributed by atoms with Gasteiger partial charge in [-0.05, 0) is 116 Å². The molecule has 0 saturated heterocycles. The van der Waals surface area contributed by atoms with Gasteiger partial charge in [0.05, 0.1) is 11.1 Å². The van der Waals surface area contributed by atoms with Crippen LogP contribution in [0.5, 0.6) is 0 Å². The van der Waals surface area contributed by atoms with E-state index in [1.807, 2.05) is 6.07 Å². The lowest BCUT2D eigenvalue weighted by molar-refractivity contribution is 0.664. The van der Waals surface area contributed by atoms with Gasteiger partial charge in [-0.25, -0.2) is 0 Å². The molecule has 0 spiro atoms. The van der Waals surface area contributed by atoms with Crippen LogP contribution < -0.4 is 4.90 Å². The van der Waals surface area contributed by atoms with E-state index in [9.17, 15) is 0 Å². The standard InChI is InChI=1S/C60H39NO2/c1-4-11-40(12-5-1)43-19-23-45(24-20-43)47-27-32-50(33-28-47)61(51-34-29-48(30-35-51)46-25-21-44(22-26-46)41-13-6-2-7-14-41)55-17-10-18-56-60(55)54-39-58-53(38-59(54)62-56)52-36-31-49(37-57(52)63-58)42-15-8-3-9-16-42/h1-39H. The van der Waals surface area contributed by atoms with Crippen LogP contribution in [0.3, 0.4) is 0 Å². The van der Waals surface area contributed by atoms with E-state index in [2.05, 4.69) is 235 Å². The largest absolute Gasteiger partial charge is 0.456 e. The van der Waals surface area contributed by atoms with E-state index in [1.54, 1.807) is 0 Å². The molecule has 3 heteroatoms. The summed E-state index contributed by atoms with van der Waals surface area (Å²) >= 11 is 0. The minimum absolute atomic E-state index is 0.820. The molecule has 0 aliphatic heterocycles. The highest BCUT2D eigenvalue weighted by Gasteiger charge is 2.21. The maximum atomic E-state index is 6.70. The number of hydrogen-bond donors (Lipinski definition) is 0. The van der Waals surface area contributed by atoms with Gasteiger partial charge in [-0.3, -0.25) is 0 Å². The monoisotopic (exact) mass is 805 g/mol. The molecule has 10 aromatic carbocycles. The minimum atomic E-state index is 0.820. The summed E-state index contributed by atoms with van der Waals surface area (Å²) in [6, 6.07) is 84.0. The van der Waals surface area contributed by atoms with Gasteiger partial charge in [0.25, 0.3) is 0 Å². The molecule has 63 heavy (non-hydrogen) atoms. The van der Waals surface area contributed by atoms with Crippen molar-refractivity contribution in [3.05, 3.63) is 237 Å². The first-order chi connectivity index (χ1) is 31.2. The zero-order valence-electron chi connectivity index (χ0n) is 34.3. The van der Waals surface area contributed by atoms with Gasteiger partial charge in [0.15, 0.2) is 0 Å². The van der Waals surface area contributed by atoms with Gasteiger partial charge in [0.2, 0.25) is 0 Å². The van der Waals surface area contributed by atoms with Gasteiger partial charge in [-0.1, -0.05) is 176 Å². The molecular formula is C60H39NO2. The predicted octanol–water partition coefficient (Wildman–Crippen LogP) is 17.3. The first-order valence-electron chi connectivity index (χ1n) is 21.4. The Hall–Kier alpha value is -8.40. The van der Waals surface area contributed by atoms with Crippen LogP contribution in [0.25, 0.3) is 99.5 Å². The first kappa shape index (κ1) is 36.5. The summed E-state index contributed by atoms with van der Waals surface area (Å²) in [5.74, 6) is 0. The van der Waals surface area contributed by atoms with Crippen LogP contribution in [-0.2, 0) is 0 Å². The van der Waals surface area contributed by atoms with Gasteiger partial charge < -0.3 is 13.7 Å². The molecule has 0 unspecified atom stereocenters. The van der Waals surface area contributed by atoms with E-state index < -0.39 is 0 Å². The molecule has 2 heterocycles. The Kier molecular flexibility index (Phi) is 8.83. The van der Waals surface area contributed by atoms with Crippen molar-refractivity contribution >= 4 is 60.9 Å². The Bertz CT molecular complexity index is 3430. The molecule has 2 aromatic heterocycles. The van der Waals surface area contributed by atoms with Gasteiger partial charge in [0.1, 0.15) is 22.3 Å². The molecule has 12 aromatic rings. The lowest BCUT2D eigenvalue weighted by atomic mass is 9.99. The highest BCUT2D eigenvalue weighted by Crippen LogP contribution is 2.45. The SMILES string of the molecule is c1ccc(-c2ccc(-c3ccc(N(c4ccc(-c5ccc(-c6ccccc6)cc5)cc4)c4cccc5oc6cc7c(cc6c45)oc4cc(-c5ccccc5)ccc47)cc3)cc2)cc1. The van der Waals surface area contributed by atoms with E-state index in [0.29, 0.717) is 0 Å². The first-order valence-corrected chi connectivity index (χ1v) is 21.4. The molecule has 3 nitrogen and oxygen atoms in total. The van der Waals surface area contributed by atoms with Crippen molar-refractivity contribution < 1.29 is 8.83 Å². The van der Waals surface area contributed by atoms with Gasteiger partial charge >= 0.3 is 0 Å². The molecule has 0 saturated carbocycles. The van der Waals surface area contributed by atoms with Crippen molar-refractivity contribution in [1.82, 2.24) is 0 Å². The number of anilines is 3. The number of rotatable bonds is 8. The molecule has 0 atom stereocenters. The van der Waals surface area contributed by atoms with Crippen LogP contribution in [0.15, 0.2) is 245 Å². The number of benzene rings is 10. The van der Waals surface area contributed by atoms with Crippen LogP contribution in [-0.4, -0.2) is 0 Å². The van der Waals surface area contributed by atoms with Crippen molar-refractivity contribution in [3.63, 3.8) is 0 Å². The highest BCUT2D eigenvalue weighted by molar-refractivity contribution is 6.19. The van der Waals surface area contributed by atoms with Crippen LogP contribution in [0.1, 0.15) is 0 Å². The third kappa shape index (κ3) is 6.64. The van der Waals surface area contributed by atoms with Crippen LogP contribution in [0, 0.1) is 0 Å². The quantitative estimate of drug-likeness (QED) is 0.153. The molecule has 0 aliphatic rings. The van der Waals surface area contributed by atoms with Crippen molar-refractivity contribution in [2.45, 2.75) is 0 Å². The molecule has 0 amide bonds. The Balaban J connectivity index is 0.961. The molecule has 0 radical (unpaired) electrons. The summed E-state index contributed by atoms with van der Waals surface area (Å²) in [6.45, 7) is 0. The Morgan fingerprint density at radius 1 is 0.238 bits per heavy atom. The summed E-state index contributed by atoms with van der Waals surface area (Å²) in [7, 11) is 0. The topological polar surface area (TPSA) is 29.5 Å². The third-order valence-electron chi connectivity index (χ3n) is 12.3. The van der Waals surface area contributed by atoms with Crippen molar-refractivity contribution in [3.8, 4) is 55.6 Å². The smallest absolute Gasteiger partial charge is 0.137 e. The fourth-order valence-electron chi connectivity index (χ4n) is 9.08. The number of nitrogens with zero attached hydrogens (tertiary/aromatic N) is 1. The highest BCUT2D eigenvalue weighted by atomic mass is 16.3. The maximum absolute atomic E-state index is 6.70. The molecule has 12 rings (SSSR count). The second-order valence-electron chi connectivity index (χ2n) is 16.1. The molecule has 296 valence electrons. The van der Waals surface area contributed by atoms with Crippen LogP contribution >= 0.6 is 0 Å². The van der Waals surface area contributed by atoms with E-state index in [0.717, 1.165) is 83.2 Å². The Morgan fingerprint density at radius 2 is 0.603 bits per heavy atom. The summed E-state index contributed by atoms with van der Waals surface area (Å²) in [5.41, 5.74) is 18.2.